The second kappa shape index (κ2) is 7.50. The average Bonchev–Trinajstić information content (AvgIpc) is 3.08. The zero-order chi connectivity index (χ0) is 18.1. The first-order valence-corrected chi connectivity index (χ1v) is 10.4. The molecule has 3 aromatic rings. The predicted molar refractivity (Wildman–Crippen MR) is 104 cm³/mol. The second-order valence-electron chi connectivity index (χ2n) is 7.02. The smallest absolute Gasteiger partial charge is 0.231 e. The molecule has 1 fully saturated rings. The lowest BCUT2D eigenvalue weighted by molar-refractivity contribution is 0.0330. The van der Waals surface area contributed by atoms with Crippen molar-refractivity contribution in [2.45, 2.75) is 32.2 Å². The lowest BCUT2D eigenvalue weighted by Crippen LogP contribution is -2.36. The molecule has 1 aliphatic heterocycles. The van der Waals surface area contributed by atoms with Crippen LogP contribution in [0.3, 0.4) is 0 Å². The molecule has 1 saturated heterocycles. The second-order valence-corrected chi connectivity index (χ2v) is 8.10. The minimum absolute atomic E-state index is 0.677. The molecule has 7 heteroatoms. The van der Waals surface area contributed by atoms with Crippen molar-refractivity contribution in [1.29, 1.82) is 0 Å². The largest absolute Gasteiger partial charge is 0.437 e. The van der Waals surface area contributed by atoms with Gasteiger partial charge in [0.15, 0.2) is 0 Å². The summed E-state index contributed by atoms with van der Waals surface area (Å²) < 4.78 is 11.6. The Bertz CT molecular complexity index is 938. The molecular weight excluding hydrogens is 360 g/mol. The summed E-state index contributed by atoms with van der Waals surface area (Å²) in [6.45, 7) is 4.11. The fraction of sp³-hybridized carbons (Fsp3) is 0.450. The van der Waals surface area contributed by atoms with Crippen LogP contribution in [0.2, 0.25) is 0 Å². The van der Waals surface area contributed by atoms with Gasteiger partial charge in [-0.3, -0.25) is 9.88 Å². The van der Waals surface area contributed by atoms with E-state index in [1.807, 2.05) is 23.5 Å². The maximum Gasteiger partial charge on any atom is 0.231 e. The van der Waals surface area contributed by atoms with Crippen LogP contribution in [0.5, 0.6) is 11.6 Å². The Morgan fingerprint density at radius 3 is 2.89 bits per heavy atom. The van der Waals surface area contributed by atoms with Gasteiger partial charge in [-0.25, -0.2) is 4.98 Å². The SMILES string of the molecule is c1cncc(Oc2nc(CN3CCOCC3)nc3sc4c(c23)CCCC4)c1. The average molecular weight is 382 g/mol. The standard InChI is InChI=1S/C20H22N4O2S/c1-2-6-16-15(5-1)18-19(26-14-4-3-7-21-12-14)22-17(23-20(18)27-16)13-24-8-10-25-11-9-24/h3-4,7,12H,1-2,5-6,8-11,13H2. The lowest BCUT2D eigenvalue weighted by Gasteiger charge is -2.25. The van der Waals surface area contributed by atoms with E-state index < -0.39 is 0 Å². The molecule has 2 aliphatic rings. The summed E-state index contributed by atoms with van der Waals surface area (Å²) in [7, 11) is 0. The van der Waals surface area contributed by atoms with Crippen molar-refractivity contribution in [2.24, 2.45) is 0 Å². The van der Waals surface area contributed by atoms with E-state index in [-0.39, 0.29) is 0 Å². The van der Waals surface area contributed by atoms with E-state index in [4.69, 9.17) is 19.4 Å². The summed E-state index contributed by atoms with van der Waals surface area (Å²) in [4.78, 5) is 18.7. The maximum atomic E-state index is 6.20. The van der Waals surface area contributed by atoms with Crippen LogP contribution in [0.15, 0.2) is 24.5 Å². The number of aryl methyl sites for hydroxylation is 2. The monoisotopic (exact) mass is 382 g/mol. The molecule has 0 spiro atoms. The van der Waals surface area contributed by atoms with E-state index in [0.29, 0.717) is 11.6 Å². The Labute approximate surface area is 162 Å². The maximum absolute atomic E-state index is 6.20. The highest BCUT2D eigenvalue weighted by Crippen LogP contribution is 2.40. The molecule has 1 aliphatic carbocycles. The molecule has 5 rings (SSSR count). The fourth-order valence-corrected chi connectivity index (χ4v) is 5.06. The van der Waals surface area contributed by atoms with Crippen LogP contribution in [0.25, 0.3) is 10.2 Å². The van der Waals surface area contributed by atoms with E-state index in [2.05, 4.69) is 9.88 Å². The molecule has 3 aromatic heterocycles. The zero-order valence-electron chi connectivity index (χ0n) is 15.2. The van der Waals surface area contributed by atoms with Gasteiger partial charge >= 0.3 is 0 Å². The van der Waals surface area contributed by atoms with Crippen molar-refractivity contribution in [3.8, 4) is 11.6 Å². The van der Waals surface area contributed by atoms with Gasteiger partial charge in [-0.15, -0.1) is 11.3 Å². The van der Waals surface area contributed by atoms with Crippen LogP contribution in [0.4, 0.5) is 0 Å². The number of hydrogen-bond acceptors (Lipinski definition) is 7. The van der Waals surface area contributed by atoms with Gasteiger partial charge < -0.3 is 9.47 Å². The van der Waals surface area contributed by atoms with Crippen molar-refractivity contribution >= 4 is 21.6 Å². The highest BCUT2D eigenvalue weighted by molar-refractivity contribution is 7.18. The van der Waals surface area contributed by atoms with Crippen molar-refractivity contribution in [3.05, 3.63) is 40.8 Å². The molecule has 27 heavy (non-hydrogen) atoms. The Balaban J connectivity index is 1.56. The van der Waals surface area contributed by atoms with Gasteiger partial charge in [0.25, 0.3) is 0 Å². The van der Waals surface area contributed by atoms with Crippen LogP contribution < -0.4 is 4.74 Å². The molecule has 0 amide bonds. The molecule has 6 nitrogen and oxygen atoms in total. The van der Waals surface area contributed by atoms with E-state index >= 15 is 0 Å². The first kappa shape index (κ1) is 17.0. The van der Waals surface area contributed by atoms with Crippen molar-refractivity contribution in [3.63, 3.8) is 0 Å². The number of pyridine rings is 1. The molecule has 0 aromatic carbocycles. The summed E-state index contributed by atoms with van der Waals surface area (Å²) in [5, 5.41) is 1.10. The first-order chi connectivity index (χ1) is 13.4. The normalized spacial score (nSPS) is 17.8. The minimum Gasteiger partial charge on any atom is -0.437 e. The minimum atomic E-state index is 0.677. The summed E-state index contributed by atoms with van der Waals surface area (Å²) >= 11 is 1.81. The van der Waals surface area contributed by atoms with Crippen molar-refractivity contribution < 1.29 is 9.47 Å². The van der Waals surface area contributed by atoms with Crippen LogP contribution in [0.1, 0.15) is 29.1 Å². The van der Waals surface area contributed by atoms with Crippen LogP contribution in [-0.2, 0) is 24.1 Å². The third kappa shape index (κ3) is 3.54. The lowest BCUT2D eigenvalue weighted by atomic mass is 9.97. The zero-order valence-corrected chi connectivity index (χ0v) is 16.0. The van der Waals surface area contributed by atoms with Crippen LogP contribution in [-0.4, -0.2) is 46.2 Å². The molecule has 0 saturated carbocycles. The predicted octanol–water partition coefficient (Wildman–Crippen LogP) is 3.59. The van der Waals surface area contributed by atoms with Gasteiger partial charge in [-0.2, -0.15) is 4.98 Å². The number of morpholine rings is 1. The third-order valence-corrected chi connectivity index (χ3v) is 6.33. The Hall–Kier alpha value is -2.09. The Morgan fingerprint density at radius 1 is 1.15 bits per heavy atom. The molecular formula is C20H22N4O2S. The number of ether oxygens (including phenoxy) is 2. The summed E-state index contributed by atoms with van der Waals surface area (Å²) in [6.07, 6.45) is 8.19. The van der Waals surface area contributed by atoms with Crippen molar-refractivity contribution in [2.75, 3.05) is 26.3 Å². The number of fused-ring (bicyclic) bond motifs is 3. The number of nitrogens with zero attached hydrogens (tertiary/aromatic N) is 4. The molecule has 0 bridgehead atoms. The van der Waals surface area contributed by atoms with Gasteiger partial charge in [-0.05, 0) is 43.4 Å². The molecule has 0 radical (unpaired) electrons. The van der Waals surface area contributed by atoms with E-state index in [1.54, 1.807) is 12.4 Å². The topological polar surface area (TPSA) is 60.4 Å². The number of thiophene rings is 1. The molecule has 140 valence electrons. The van der Waals surface area contributed by atoms with E-state index in [0.717, 1.165) is 61.7 Å². The number of hydrogen-bond donors (Lipinski definition) is 0. The molecule has 0 unspecified atom stereocenters. The number of aromatic nitrogens is 3. The van der Waals surface area contributed by atoms with E-state index in [9.17, 15) is 0 Å². The Morgan fingerprint density at radius 2 is 2.04 bits per heavy atom. The summed E-state index contributed by atoms with van der Waals surface area (Å²) in [5.74, 6) is 2.21. The highest BCUT2D eigenvalue weighted by atomic mass is 32.1. The van der Waals surface area contributed by atoms with Gasteiger partial charge in [-0.1, -0.05) is 0 Å². The highest BCUT2D eigenvalue weighted by Gasteiger charge is 2.23. The first-order valence-electron chi connectivity index (χ1n) is 9.56. The fourth-order valence-electron chi connectivity index (χ4n) is 3.79. The van der Waals surface area contributed by atoms with Gasteiger partial charge in [0.1, 0.15) is 16.4 Å². The number of rotatable bonds is 4. The molecule has 0 atom stereocenters. The van der Waals surface area contributed by atoms with Crippen LogP contribution in [0, 0.1) is 0 Å². The molecule has 4 heterocycles. The van der Waals surface area contributed by atoms with Gasteiger partial charge in [0, 0.05) is 24.2 Å². The van der Waals surface area contributed by atoms with Crippen LogP contribution >= 0.6 is 11.3 Å². The van der Waals surface area contributed by atoms with Gasteiger partial charge in [0.2, 0.25) is 5.88 Å². The molecule has 0 N–H and O–H groups in total. The van der Waals surface area contributed by atoms with E-state index in [1.165, 1.54) is 23.3 Å². The van der Waals surface area contributed by atoms with Crippen molar-refractivity contribution in [1.82, 2.24) is 19.9 Å². The summed E-state index contributed by atoms with van der Waals surface area (Å²) in [5.41, 5.74) is 1.39. The summed E-state index contributed by atoms with van der Waals surface area (Å²) in [6, 6.07) is 3.80. The van der Waals surface area contributed by atoms with Gasteiger partial charge in [0.05, 0.1) is 31.3 Å². The Kier molecular flexibility index (Phi) is 4.73. The quantitative estimate of drug-likeness (QED) is 0.687. The third-order valence-electron chi connectivity index (χ3n) is 5.15.